The van der Waals surface area contributed by atoms with Crippen LogP contribution in [0.3, 0.4) is 0 Å². The first-order valence-corrected chi connectivity index (χ1v) is 2.28. The lowest BCUT2D eigenvalue weighted by Gasteiger charge is -1.50. The van der Waals surface area contributed by atoms with E-state index < -0.39 is 0 Å². The Labute approximate surface area is 34.3 Å². The van der Waals surface area contributed by atoms with Crippen LogP contribution in [-0.4, -0.2) is 4.83 Å². The molecular weight excluding hydrogens is 116 g/mol. The second-order valence-electron chi connectivity index (χ2n) is 0.987. The Balaban J connectivity index is 2.17. The molecule has 1 aliphatic rings. The fourth-order valence-electron chi connectivity index (χ4n) is 0.0514. The maximum Gasteiger partial charge on any atom is 0.0180 e. The zero-order valence-electron chi connectivity index (χ0n) is 2.24. The minimum absolute atomic E-state index is 0.771. The third-order valence-electron chi connectivity index (χ3n) is 0.414. The van der Waals surface area contributed by atoms with E-state index in [1.165, 1.54) is 6.42 Å². The predicted octanol–water partition coefficient (Wildman–Crippen LogP) is 1.36. The molecule has 1 saturated carbocycles. The summed E-state index contributed by atoms with van der Waals surface area (Å²) in [6.45, 7) is 0. The van der Waals surface area contributed by atoms with E-state index in [4.69, 9.17) is 0 Å². The van der Waals surface area contributed by atoms with Gasteiger partial charge in [0, 0.05) is 4.83 Å². The van der Waals surface area contributed by atoms with Crippen LogP contribution in [0.25, 0.3) is 0 Å². The van der Waals surface area contributed by atoms with E-state index in [9.17, 15) is 0 Å². The third kappa shape index (κ3) is 0.449. The minimum atomic E-state index is 0.771. The molecule has 0 amide bonds. The summed E-state index contributed by atoms with van der Waals surface area (Å²) < 4.78 is 0. The Morgan fingerprint density at radius 3 is 2.25 bits per heavy atom. The lowest BCUT2D eigenvalue weighted by molar-refractivity contribution is 1.55. The molecule has 1 fully saturated rings. The number of alkyl halides is 1. The van der Waals surface area contributed by atoms with Gasteiger partial charge in [-0.1, -0.05) is 15.9 Å². The van der Waals surface area contributed by atoms with Crippen molar-refractivity contribution in [1.29, 1.82) is 0 Å². The highest BCUT2D eigenvalue weighted by atomic mass is 79.9. The van der Waals surface area contributed by atoms with Crippen molar-refractivity contribution in [2.45, 2.75) is 11.2 Å². The van der Waals surface area contributed by atoms with Gasteiger partial charge in [-0.25, -0.2) is 0 Å². The SMILES string of the molecule is BrC1[CH]C1. The van der Waals surface area contributed by atoms with Crippen LogP contribution >= 0.6 is 15.9 Å². The van der Waals surface area contributed by atoms with Gasteiger partial charge in [0.25, 0.3) is 0 Å². The fourth-order valence-corrected chi connectivity index (χ4v) is 0.267. The monoisotopic (exact) mass is 119 g/mol. The first-order chi connectivity index (χ1) is 1.89. The zero-order valence-corrected chi connectivity index (χ0v) is 3.83. The van der Waals surface area contributed by atoms with Gasteiger partial charge < -0.3 is 0 Å². The summed E-state index contributed by atoms with van der Waals surface area (Å²) >= 11 is 3.33. The van der Waals surface area contributed by atoms with Gasteiger partial charge in [0.1, 0.15) is 0 Å². The third-order valence-corrected chi connectivity index (χ3v) is 1.16. The van der Waals surface area contributed by atoms with Crippen LogP contribution in [-0.2, 0) is 0 Å². The van der Waals surface area contributed by atoms with Crippen molar-refractivity contribution >= 4 is 15.9 Å². The summed E-state index contributed by atoms with van der Waals surface area (Å²) in [6, 6.07) is 0. The molecule has 0 spiro atoms. The van der Waals surface area contributed by atoms with Crippen LogP contribution in [0.1, 0.15) is 6.42 Å². The molecule has 1 heteroatoms. The van der Waals surface area contributed by atoms with Crippen molar-refractivity contribution in [2.24, 2.45) is 0 Å². The van der Waals surface area contributed by atoms with Crippen LogP contribution in [0.4, 0.5) is 0 Å². The maximum atomic E-state index is 3.33. The first-order valence-electron chi connectivity index (χ1n) is 1.37. The number of rotatable bonds is 0. The van der Waals surface area contributed by atoms with Crippen molar-refractivity contribution in [1.82, 2.24) is 0 Å². The van der Waals surface area contributed by atoms with E-state index >= 15 is 0 Å². The Morgan fingerprint density at radius 1 is 2.00 bits per heavy atom. The molecule has 0 heterocycles. The predicted molar refractivity (Wildman–Crippen MR) is 21.6 cm³/mol. The summed E-state index contributed by atoms with van der Waals surface area (Å²) in [7, 11) is 0. The Bertz CT molecular complexity index is 22.5. The van der Waals surface area contributed by atoms with Crippen LogP contribution < -0.4 is 0 Å². The molecule has 0 aromatic carbocycles. The summed E-state index contributed by atoms with van der Waals surface area (Å²) in [6.07, 6.45) is 3.49. The smallest absolute Gasteiger partial charge is 0.0180 e. The van der Waals surface area contributed by atoms with E-state index in [1.54, 1.807) is 0 Å². The Morgan fingerprint density at radius 2 is 2.25 bits per heavy atom. The van der Waals surface area contributed by atoms with Crippen LogP contribution in [0.2, 0.25) is 0 Å². The molecule has 0 saturated heterocycles. The largest absolute Gasteiger partial charge is 0.0887 e. The summed E-state index contributed by atoms with van der Waals surface area (Å²) in [5.41, 5.74) is 0. The summed E-state index contributed by atoms with van der Waals surface area (Å²) in [4.78, 5) is 0.771. The fraction of sp³-hybridized carbons (Fsp3) is 0.667. The molecule has 4 heavy (non-hydrogen) atoms. The average molecular weight is 120 g/mol. The Kier molecular flexibility index (Phi) is 0.482. The van der Waals surface area contributed by atoms with Gasteiger partial charge in [-0.15, -0.1) is 0 Å². The van der Waals surface area contributed by atoms with Crippen LogP contribution in [0.15, 0.2) is 0 Å². The van der Waals surface area contributed by atoms with Crippen molar-refractivity contribution in [3.05, 3.63) is 6.42 Å². The van der Waals surface area contributed by atoms with E-state index in [0.29, 0.717) is 0 Å². The van der Waals surface area contributed by atoms with Gasteiger partial charge in [0.2, 0.25) is 0 Å². The lowest BCUT2D eigenvalue weighted by atomic mass is 11.0. The molecule has 0 N–H and O–H groups in total. The van der Waals surface area contributed by atoms with Gasteiger partial charge in [0.05, 0.1) is 0 Å². The van der Waals surface area contributed by atoms with E-state index in [2.05, 4.69) is 22.4 Å². The van der Waals surface area contributed by atoms with Crippen molar-refractivity contribution < 1.29 is 0 Å². The second kappa shape index (κ2) is 0.713. The molecule has 0 bridgehead atoms. The molecule has 1 rings (SSSR count). The number of halogens is 1. The molecule has 1 aliphatic carbocycles. The van der Waals surface area contributed by atoms with Crippen molar-refractivity contribution in [3.8, 4) is 0 Å². The first kappa shape index (κ1) is 2.70. The Hall–Kier alpha value is 0.480. The van der Waals surface area contributed by atoms with E-state index in [1.807, 2.05) is 0 Å². The van der Waals surface area contributed by atoms with Gasteiger partial charge in [-0.05, 0) is 12.8 Å². The zero-order chi connectivity index (χ0) is 2.99. The molecular formula is C3H4Br. The number of hydrogen-bond acceptors (Lipinski definition) is 0. The van der Waals surface area contributed by atoms with Crippen molar-refractivity contribution in [2.75, 3.05) is 0 Å². The molecule has 0 aromatic rings. The van der Waals surface area contributed by atoms with Crippen LogP contribution in [0.5, 0.6) is 0 Å². The second-order valence-corrected chi connectivity index (χ2v) is 2.16. The molecule has 0 aromatic heterocycles. The van der Waals surface area contributed by atoms with Gasteiger partial charge in [-0.3, -0.25) is 0 Å². The highest BCUT2D eigenvalue weighted by Gasteiger charge is 2.15. The van der Waals surface area contributed by atoms with Crippen molar-refractivity contribution in [3.63, 3.8) is 0 Å². The maximum absolute atomic E-state index is 3.33. The standard InChI is InChI=1S/C3H4Br/c4-3-1-2-3/h1,3H,2H2. The minimum Gasteiger partial charge on any atom is -0.0887 e. The molecule has 1 radical (unpaired) electrons. The van der Waals surface area contributed by atoms with E-state index in [-0.39, 0.29) is 0 Å². The summed E-state index contributed by atoms with van der Waals surface area (Å²) in [5, 5.41) is 0. The highest BCUT2D eigenvalue weighted by molar-refractivity contribution is 9.09. The molecule has 0 nitrogen and oxygen atoms in total. The highest BCUT2D eigenvalue weighted by Crippen LogP contribution is 2.26. The lowest BCUT2D eigenvalue weighted by Crippen LogP contribution is -1.43. The van der Waals surface area contributed by atoms with Crippen LogP contribution in [0, 0.1) is 6.42 Å². The average Bonchev–Trinajstić information content (AvgIpc) is 1.75. The molecule has 1 atom stereocenters. The van der Waals surface area contributed by atoms with Gasteiger partial charge in [0.15, 0.2) is 0 Å². The van der Waals surface area contributed by atoms with Gasteiger partial charge in [-0.2, -0.15) is 0 Å². The summed E-state index contributed by atoms with van der Waals surface area (Å²) in [5.74, 6) is 0. The molecule has 23 valence electrons. The quantitative estimate of drug-likeness (QED) is 0.423. The van der Waals surface area contributed by atoms with E-state index in [0.717, 1.165) is 4.83 Å². The number of hydrogen-bond donors (Lipinski definition) is 0. The normalized spacial score (nSPS) is 26.2. The molecule has 1 unspecified atom stereocenters. The molecule has 0 aliphatic heterocycles. The van der Waals surface area contributed by atoms with Gasteiger partial charge >= 0.3 is 0 Å². The topological polar surface area (TPSA) is 0 Å².